The smallest absolute Gasteiger partial charge is 0.242 e. The van der Waals surface area contributed by atoms with Crippen LogP contribution in [0.25, 0.3) is 0 Å². The summed E-state index contributed by atoms with van der Waals surface area (Å²) < 4.78 is 25.9. The third-order valence-electron chi connectivity index (χ3n) is 6.32. The molecule has 0 aliphatic heterocycles. The van der Waals surface area contributed by atoms with Crippen molar-refractivity contribution in [2.75, 3.05) is 0 Å². The van der Waals surface area contributed by atoms with E-state index in [2.05, 4.69) is 12.2 Å². The fourth-order valence-electron chi connectivity index (χ4n) is 4.49. The van der Waals surface area contributed by atoms with Crippen molar-refractivity contribution >= 4 is 15.7 Å². The van der Waals surface area contributed by atoms with Crippen molar-refractivity contribution in [3.05, 3.63) is 29.3 Å². The maximum atomic E-state index is 13.6. The highest BCUT2D eigenvalue weighted by molar-refractivity contribution is 7.93. The second-order valence-electron chi connectivity index (χ2n) is 8.40. The van der Waals surface area contributed by atoms with Crippen molar-refractivity contribution < 1.29 is 13.2 Å². The largest absolute Gasteiger partial charge is 0.352 e. The predicted octanol–water partition coefficient (Wildman–Crippen LogP) is 4.08. The molecular weight excluding hydrogens is 346 g/mol. The van der Waals surface area contributed by atoms with Gasteiger partial charge in [-0.1, -0.05) is 31.9 Å². The van der Waals surface area contributed by atoms with Gasteiger partial charge in [-0.3, -0.25) is 4.79 Å². The standard InChI is InChI=1S/C21H31NO3S/c1-15-7-10-18(11-8-15)22-20(23)21(12-4-5-13-21)26(24,25)19-14-16(2)6-9-17(19)3/h6,9,14-15,18H,4-5,7-8,10-13H2,1-3H3,(H,22,23). The minimum atomic E-state index is -3.73. The number of benzene rings is 1. The number of hydrogen-bond donors (Lipinski definition) is 1. The summed E-state index contributed by atoms with van der Waals surface area (Å²) in [5, 5.41) is 3.11. The van der Waals surface area contributed by atoms with Crippen molar-refractivity contribution in [2.45, 2.75) is 87.8 Å². The van der Waals surface area contributed by atoms with E-state index in [9.17, 15) is 13.2 Å². The fraction of sp³-hybridized carbons (Fsp3) is 0.667. The van der Waals surface area contributed by atoms with Gasteiger partial charge in [-0.2, -0.15) is 0 Å². The van der Waals surface area contributed by atoms with E-state index in [0.717, 1.165) is 49.7 Å². The molecule has 0 aromatic heterocycles. The van der Waals surface area contributed by atoms with Crippen LogP contribution < -0.4 is 5.32 Å². The maximum absolute atomic E-state index is 13.6. The van der Waals surface area contributed by atoms with Crippen LogP contribution in [0.2, 0.25) is 0 Å². The molecule has 0 bridgehead atoms. The Morgan fingerprint density at radius 1 is 1.08 bits per heavy atom. The Balaban J connectivity index is 1.92. The second-order valence-corrected chi connectivity index (χ2v) is 10.6. The van der Waals surface area contributed by atoms with Crippen LogP contribution in [0, 0.1) is 19.8 Å². The van der Waals surface area contributed by atoms with Crippen LogP contribution in [0.5, 0.6) is 0 Å². The summed E-state index contributed by atoms with van der Waals surface area (Å²) in [6, 6.07) is 5.59. The molecule has 0 saturated heterocycles. The first-order valence-corrected chi connectivity index (χ1v) is 11.4. The molecule has 2 fully saturated rings. The molecule has 144 valence electrons. The third-order valence-corrected chi connectivity index (χ3v) is 8.96. The number of amides is 1. The van der Waals surface area contributed by atoms with E-state index >= 15 is 0 Å². The van der Waals surface area contributed by atoms with Crippen molar-refractivity contribution in [1.29, 1.82) is 0 Å². The molecule has 0 heterocycles. The minimum absolute atomic E-state index is 0.116. The van der Waals surface area contributed by atoms with E-state index in [4.69, 9.17) is 0 Å². The molecule has 2 aliphatic rings. The summed E-state index contributed by atoms with van der Waals surface area (Å²) in [6.45, 7) is 5.94. The number of aryl methyl sites for hydroxylation is 2. The molecule has 3 rings (SSSR count). The Bertz CT molecular complexity index is 770. The lowest BCUT2D eigenvalue weighted by Crippen LogP contribution is -2.53. The molecule has 0 radical (unpaired) electrons. The van der Waals surface area contributed by atoms with E-state index in [-0.39, 0.29) is 11.9 Å². The first-order valence-electron chi connectivity index (χ1n) is 9.89. The summed E-state index contributed by atoms with van der Waals surface area (Å²) in [5.74, 6) is 0.428. The van der Waals surface area contributed by atoms with Gasteiger partial charge in [0.05, 0.1) is 4.90 Å². The Hall–Kier alpha value is -1.36. The van der Waals surface area contributed by atoms with Crippen molar-refractivity contribution in [3.63, 3.8) is 0 Å². The predicted molar refractivity (Wildman–Crippen MR) is 104 cm³/mol. The second kappa shape index (κ2) is 7.34. The van der Waals surface area contributed by atoms with Crippen molar-refractivity contribution in [3.8, 4) is 0 Å². The lowest BCUT2D eigenvalue weighted by Gasteiger charge is -2.33. The molecule has 5 heteroatoms. The zero-order valence-corrected chi connectivity index (χ0v) is 17.0. The first kappa shape index (κ1) is 19.4. The highest BCUT2D eigenvalue weighted by Crippen LogP contribution is 2.42. The zero-order chi connectivity index (χ0) is 18.9. The minimum Gasteiger partial charge on any atom is -0.352 e. The van der Waals surface area contributed by atoms with Crippen LogP contribution in [0.3, 0.4) is 0 Å². The first-order chi connectivity index (χ1) is 12.3. The molecule has 0 spiro atoms. The van der Waals surface area contributed by atoms with Crippen molar-refractivity contribution in [1.82, 2.24) is 5.32 Å². The van der Waals surface area contributed by atoms with E-state index in [0.29, 0.717) is 23.7 Å². The lowest BCUT2D eigenvalue weighted by atomic mass is 9.87. The quantitative estimate of drug-likeness (QED) is 0.860. The molecule has 0 unspecified atom stereocenters. The number of carbonyl (C=O) groups excluding carboxylic acids is 1. The monoisotopic (exact) mass is 377 g/mol. The van der Waals surface area contributed by atoms with Crippen LogP contribution in [0.15, 0.2) is 23.1 Å². The maximum Gasteiger partial charge on any atom is 0.242 e. The summed E-state index contributed by atoms with van der Waals surface area (Å²) in [7, 11) is -3.73. The average Bonchev–Trinajstić information content (AvgIpc) is 3.11. The van der Waals surface area contributed by atoms with Gasteiger partial charge in [-0.25, -0.2) is 8.42 Å². The van der Waals surface area contributed by atoms with Crippen molar-refractivity contribution in [2.24, 2.45) is 5.92 Å². The molecule has 1 aromatic rings. The van der Waals surface area contributed by atoms with Gasteiger partial charge in [0.25, 0.3) is 0 Å². The molecule has 1 aromatic carbocycles. The number of rotatable bonds is 4. The van der Waals surface area contributed by atoms with E-state index < -0.39 is 14.6 Å². The van der Waals surface area contributed by atoms with Crippen LogP contribution in [-0.4, -0.2) is 25.1 Å². The van der Waals surface area contributed by atoms with Gasteiger partial charge in [0.1, 0.15) is 0 Å². The average molecular weight is 378 g/mol. The fourth-order valence-corrected chi connectivity index (χ4v) is 6.88. The molecular formula is C21H31NO3S. The van der Waals surface area contributed by atoms with Gasteiger partial charge in [0.2, 0.25) is 5.91 Å². The zero-order valence-electron chi connectivity index (χ0n) is 16.2. The number of hydrogen-bond acceptors (Lipinski definition) is 3. The highest BCUT2D eigenvalue weighted by Gasteiger charge is 2.53. The van der Waals surface area contributed by atoms with Gasteiger partial charge in [0.15, 0.2) is 14.6 Å². The molecule has 2 aliphatic carbocycles. The van der Waals surface area contributed by atoms with Gasteiger partial charge >= 0.3 is 0 Å². The van der Waals surface area contributed by atoms with Crippen LogP contribution in [0.4, 0.5) is 0 Å². The summed E-state index contributed by atoms with van der Waals surface area (Å²) in [6.07, 6.45) is 6.54. The SMILES string of the molecule is Cc1ccc(C)c(S(=O)(=O)C2(C(=O)NC3CCC(C)CC3)CCCC2)c1. The summed E-state index contributed by atoms with van der Waals surface area (Å²) in [5.41, 5.74) is 1.63. The van der Waals surface area contributed by atoms with E-state index in [1.54, 1.807) is 6.07 Å². The molecule has 2 saturated carbocycles. The Kier molecular flexibility index (Phi) is 5.48. The summed E-state index contributed by atoms with van der Waals surface area (Å²) >= 11 is 0. The Morgan fingerprint density at radius 3 is 2.31 bits per heavy atom. The van der Waals surface area contributed by atoms with E-state index in [1.807, 2.05) is 26.0 Å². The Morgan fingerprint density at radius 2 is 1.69 bits per heavy atom. The lowest BCUT2D eigenvalue weighted by molar-refractivity contribution is -0.124. The topological polar surface area (TPSA) is 63.2 Å². The molecule has 0 atom stereocenters. The van der Waals surface area contributed by atoms with Crippen LogP contribution >= 0.6 is 0 Å². The van der Waals surface area contributed by atoms with Gasteiger partial charge < -0.3 is 5.32 Å². The Labute approximate surface area is 157 Å². The molecule has 1 amide bonds. The number of sulfone groups is 1. The van der Waals surface area contributed by atoms with Gasteiger partial charge in [-0.05, 0) is 75.5 Å². The number of carbonyl (C=O) groups is 1. The van der Waals surface area contributed by atoms with Gasteiger partial charge in [-0.15, -0.1) is 0 Å². The van der Waals surface area contributed by atoms with Gasteiger partial charge in [0, 0.05) is 6.04 Å². The number of nitrogens with one attached hydrogen (secondary N) is 1. The highest BCUT2D eigenvalue weighted by atomic mass is 32.2. The van der Waals surface area contributed by atoms with E-state index in [1.165, 1.54) is 0 Å². The third kappa shape index (κ3) is 3.42. The summed E-state index contributed by atoms with van der Waals surface area (Å²) in [4.78, 5) is 13.6. The van der Waals surface area contributed by atoms with Crippen LogP contribution in [0.1, 0.15) is 69.4 Å². The normalized spacial score (nSPS) is 25.8. The van der Waals surface area contributed by atoms with Crippen LogP contribution in [-0.2, 0) is 14.6 Å². The molecule has 26 heavy (non-hydrogen) atoms. The molecule has 1 N–H and O–H groups in total. The molecule has 4 nitrogen and oxygen atoms in total.